The molecule has 0 aliphatic carbocycles. The highest BCUT2D eigenvalue weighted by Crippen LogP contribution is 2.35. The number of carbonyl (C=O) groups is 1. The second-order valence-electron chi connectivity index (χ2n) is 5.56. The lowest BCUT2D eigenvalue weighted by Gasteiger charge is -2.24. The summed E-state index contributed by atoms with van der Waals surface area (Å²) in [4.78, 5) is 26.4. The highest BCUT2D eigenvalue weighted by atomic mass is 32.1. The van der Waals surface area contributed by atoms with Crippen LogP contribution in [-0.2, 0) is 6.42 Å². The Morgan fingerprint density at radius 2 is 2.22 bits per heavy atom. The molecule has 0 N–H and O–H groups in total. The molecule has 5 nitrogen and oxygen atoms in total. The van der Waals surface area contributed by atoms with Crippen LogP contribution in [-0.4, -0.2) is 48.8 Å². The van der Waals surface area contributed by atoms with Crippen LogP contribution in [0.25, 0.3) is 0 Å². The Kier molecular flexibility index (Phi) is 4.43. The molecule has 23 heavy (non-hydrogen) atoms. The van der Waals surface area contributed by atoms with E-state index in [1.807, 2.05) is 23.1 Å². The highest BCUT2D eigenvalue weighted by molar-refractivity contribution is 7.16. The summed E-state index contributed by atoms with van der Waals surface area (Å²) in [5, 5.41) is 0.974. The molecule has 3 rings (SSSR count). The van der Waals surface area contributed by atoms with Gasteiger partial charge in [-0.25, -0.2) is 4.79 Å². The molecule has 0 atom stereocenters. The van der Waals surface area contributed by atoms with Crippen LogP contribution in [0.5, 0.6) is 0 Å². The zero-order valence-electron chi connectivity index (χ0n) is 13.6. The van der Waals surface area contributed by atoms with Crippen LogP contribution in [0.15, 0.2) is 35.5 Å². The number of aliphatic imine (C=N–C) groups is 1. The smallest absolute Gasteiger partial charge is 0.324 e. The summed E-state index contributed by atoms with van der Waals surface area (Å²) in [7, 11) is 3.56. The van der Waals surface area contributed by atoms with Crippen LogP contribution in [0.1, 0.15) is 23.1 Å². The van der Waals surface area contributed by atoms with Crippen LogP contribution in [0.2, 0.25) is 0 Å². The fourth-order valence-electron chi connectivity index (χ4n) is 2.57. The molecule has 2 aromatic rings. The first kappa shape index (κ1) is 15.7. The fourth-order valence-corrected chi connectivity index (χ4v) is 3.68. The van der Waals surface area contributed by atoms with Gasteiger partial charge in [-0.3, -0.25) is 14.9 Å². The molecule has 0 saturated heterocycles. The van der Waals surface area contributed by atoms with Gasteiger partial charge in [0, 0.05) is 37.3 Å². The third-order valence-corrected chi connectivity index (χ3v) is 5.03. The summed E-state index contributed by atoms with van der Waals surface area (Å²) in [6.07, 6.45) is 2.72. The van der Waals surface area contributed by atoms with Crippen LogP contribution in [0, 0.1) is 0 Å². The van der Waals surface area contributed by atoms with Crippen LogP contribution < -0.4 is 4.90 Å². The average Bonchev–Trinajstić information content (AvgIpc) is 2.91. The number of hydrogen-bond donors (Lipinski definition) is 0. The van der Waals surface area contributed by atoms with Crippen LogP contribution in [0.3, 0.4) is 0 Å². The summed E-state index contributed by atoms with van der Waals surface area (Å²) >= 11 is 1.67. The van der Waals surface area contributed by atoms with Gasteiger partial charge in [0.15, 0.2) is 0 Å². The van der Waals surface area contributed by atoms with Crippen molar-refractivity contribution in [3.63, 3.8) is 0 Å². The minimum atomic E-state index is -0.00627. The molecule has 3 heterocycles. The molecule has 0 unspecified atom stereocenters. The van der Waals surface area contributed by atoms with Crippen molar-refractivity contribution in [1.82, 2.24) is 9.88 Å². The van der Waals surface area contributed by atoms with Gasteiger partial charge in [-0.15, -0.1) is 11.3 Å². The first-order valence-electron chi connectivity index (χ1n) is 7.69. The van der Waals surface area contributed by atoms with E-state index in [9.17, 15) is 4.79 Å². The Labute approximate surface area is 140 Å². The van der Waals surface area contributed by atoms with Gasteiger partial charge in [0.2, 0.25) is 0 Å². The number of amides is 2. The summed E-state index contributed by atoms with van der Waals surface area (Å²) in [5.74, 6) is 0. The van der Waals surface area contributed by atoms with Gasteiger partial charge in [-0.2, -0.15) is 0 Å². The van der Waals surface area contributed by atoms with E-state index in [2.05, 4.69) is 18.0 Å². The Morgan fingerprint density at radius 3 is 2.87 bits per heavy atom. The number of carbonyl (C=O) groups excluding carboxylic acids is 1. The van der Waals surface area contributed by atoms with E-state index in [0.717, 1.165) is 28.4 Å². The van der Waals surface area contributed by atoms with Gasteiger partial charge in [0.1, 0.15) is 5.00 Å². The number of nitrogens with zero attached hydrogens (tertiary/aromatic N) is 4. The number of anilines is 1. The predicted octanol–water partition coefficient (Wildman–Crippen LogP) is 3.04. The maximum Gasteiger partial charge on any atom is 0.324 e. The van der Waals surface area contributed by atoms with Gasteiger partial charge in [0.05, 0.1) is 18.0 Å². The van der Waals surface area contributed by atoms with Crippen molar-refractivity contribution in [3.05, 3.63) is 46.6 Å². The first-order chi connectivity index (χ1) is 11.1. The van der Waals surface area contributed by atoms with Crippen LogP contribution >= 0.6 is 11.3 Å². The van der Waals surface area contributed by atoms with E-state index in [1.54, 1.807) is 36.5 Å². The van der Waals surface area contributed by atoms with Gasteiger partial charge < -0.3 is 4.90 Å². The standard InChI is InChI=1S/C17H20N4OS/c1-4-12-11-13-15(14-7-5-6-8-18-14)19-9-10-21(16(13)23-12)17(22)20(2)3/h5-8,11H,4,9-10H2,1-3H3. The third kappa shape index (κ3) is 2.99. The normalized spacial score (nSPS) is 14.0. The van der Waals surface area contributed by atoms with Crippen molar-refractivity contribution >= 4 is 28.1 Å². The van der Waals surface area contributed by atoms with E-state index >= 15 is 0 Å². The van der Waals surface area contributed by atoms with Crippen molar-refractivity contribution in [2.45, 2.75) is 13.3 Å². The highest BCUT2D eigenvalue weighted by Gasteiger charge is 2.27. The van der Waals surface area contributed by atoms with Gasteiger partial charge in [0.25, 0.3) is 0 Å². The zero-order chi connectivity index (χ0) is 16.4. The van der Waals surface area contributed by atoms with Crippen molar-refractivity contribution in [1.29, 1.82) is 0 Å². The van der Waals surface area contributed by atoms with Gasteiger partial charge >= 0.3 is 6.03 Å². The minimum absolute atomic E-state index is 0.00627. The number of rotatable bonds is 2. The molecule has 1 aliphatic rings. The lowest BCUT2D eigenvalue weighted by molar-refractivity contribution is 0.224. The molecule has 0 radical (unpaired) electrons. The maximum atomic E-state index is 12.5. The Hall–Kier alpha value is -2.21. The second-order valence-corrected chi connectivity index (χ2v) is 6.67. The Bertz CT molecular complexity index is 736. The number of fused-ring (bicyclic) bond motifs is 1. The molecule has 0 bridgehead atoms. The second kappa shape index (κ2) is 6.50. The molecule has 120 valence electrons. The lowest BCUT2D eigenvalue weighted by Crippen LogP contribution is -2.40. The van der Waals surface area contributed by atoms with Crippen molar-refractivity contribution in [2.75, 3.05) is 32.1 Å². The predicted molar refractivity (Wildman–Crippen MR) is 94.9 cm³/mol. The molecule has 6 heteroatoms. The summed E-state index contributed by atoms with van der Waals surface area (Å²) in [6.45, 7) is 3.29. The molecule has 0 fully saturated rings. The molecule has 2 aromatic heterocycles. The average molecular weight is 328 g/mol. The summed E-state index contributed by atoms with van der Waals surface area (Å²) in [5.41, 5.74) is 2.75. The maximum absolute atomic E-state index is 12.5. The summed E-state index contributed by atoms with van der Waals surface area (Å²) in [6, 6.07) is 7.97. The first-order valence-corrected chi connectivity index (χ1v) is 8.51. The van der Waals surface area contributed by atoms with Gasteiger partial charge in [-0.1, -0.05) is 13.0 Å². The van der Waals surface area contributed by atoms with E-state index < -0.39 is 0 Å². The lowest BCUT2D eigenvalue weighted by atomic mass is 10.1. The number of aromatic nitrogens is 1. The van der Waals surface area contributed by atoms with E-state index in [4.69, 9.17) is 4.99 Å². The molecule has 1 aliphatic heterocycles. The Balaban J connectivity index is 2.11. The SMILES string of the molecule is CCc1cc2c(s1)N(C(=O)N(C)C)CCN=C2c1ccccn1. The number of pyridine rings is 1. The molecular weight excluding hydrogens is 308 g/mol. The quantitative estimate of drug-likeness (QED) is 0.851. The van der Waals surface area contributed by atoms with E-state index in [0.29, 0.717) is 13.1 Å². The molecule has 0 saturated carbocycles. The molecule has 0 spiro atoms. The molecule has 2 amide bonds. The molecule has 0 aromatic carbocycles. The van der Waals surface area contributed by atoms with Crippen molar-refractivity contribution in [2.24, 2.45) is 4.99 Å². The van der Waals surface area contributed by atoms with Crippen LogP contribution in [0.4, 0.5) is 9.80 Å². The van der Waals surface area contributed by atoms with Crippen molar-refractivity contribution < 1.29 is 4.79 Å². The Morgan fingerprint density at radius 1 is 1.39 bits per heavy atom. The van der Waals surface area contributed by atoms with Gasteiger partial charge in [-0.05, 0) is 24.6 Å². The van der Waals surface area contributed by atoms with E-state index in [-0.39, 0.29) is 6.03 Å². The van der Waals surface area contributed by atoms with Crippen molar-refractivity contribution in [3.8, 4) is 0 Å². The van der Waals surface area contributed by atoms with E-state index in [1.165, 1.54) is 4.88 Å². The number of urea groups is 1. The number of hydrogen-bond acceptors (Lipinski definition) is 4. The number of thiophene rings is 1. The zero-order valence-corrected chi connectivity index (χ0v) is 14.4. The summed E-state index contributed by atoms with van der Waals surface area (Å²) < 4.78 is 0. The monoisotopic (exact) mass is 328 g/mol. The largest absolute Gasteiger partial charge is 0.330 e. The third-order valence-electron chi connectivity index (χ3n) is 3.73. The number of aryl methyl sites for hydroxylation is 1. The topological polar surface area (TPSA) is 48.8 Å². The molecular formula is C17H20N4OS. The fraction of sp³-hybridized carbons (Fsp3) is 0.353. The minimum Gasteiger partial charge on any atom is -0.330 e.